The van der Waals surface area contributed by atoms with Crippen LogP contribution in [0.1, 0.15) is 12.5 Å². The van der Waals surface area contributed by atoms with Crippen LogP contribution in [0.25, 0.3) is 5.57 Å². The van der Waals surface area contributed by atoms with Gasteiger partial charge in [-0.2, -0.15) is 0 Å². The minimum atomic E-state index is -0.108. The van der Waals surface area contributed by atoms with Crippen LogP contribution in [0.3, 0.4) is 0 Å². The van der Waals surface area contributed by atoms with Crippen molar-refractivity contribution in [2.24, 2.45) is 5.92 Å². The number of rotatable bonds is 1. The minimum Gasteiger partial charge on any atom is -0.492 e. The number of nitrogens with one attached hydrogen (secondary N) is 1. The van der Waals surface area contributed by atoms with E-state index in [-0.39, 0.29) is 11.8 Å². The summed E-state index contributed by atoms with van der Waals surface area (Å²) in [6.07, 6.45) is 5.77. The first-order valence-corrected chi connectivity index (χ1v) is 6.39. The number of carbonyl (C=O) groups excluding carboxylic acids is 1. The van der Waals surface area contributed by atoms with Crippen LogP contribution < -0.4 is 10.2 Å². The molecule has 1 aromatic carbocycles. The van der Waals surface area contributed by atoms with Gasteiger partial charge < -0.3 is 4.74 Å². The molecule has 0 saturated heterocycles. The Morgan fingerprint density at radius 1 is 1.53 bits per heavy atom. The fraction of sp³-hybridized carbons (Fsp3) is 0.214. The molecule has 0 aromatic heterocycles. The van der Waals surface area contributed by atoms with E-state index < -0.39 is 0 Å². The van der Waals surface area contributed by atoms with Crippen molar-refractivity contribution in [2.45, 2.75) is 6.92 Å². The van der Waals surface area contributed by atoms with E-state index in [1.54, 1.807) is 5.01 Å². The summed E-state index contributed by atoms with van der Waals surface area (Å²) in [6, 6.07) is 5.60. The predicted molar refractivity (Wildman–Crippen MR) is 73.2 cm³/mol. The lowest BCUT2D eigenvalue weighted by molar-refractivity contribution is -0.121. The van der Waals surface area contributed by atoms with Crippen molar-refractivity contribution in [3.05, 3.63) is 47.3 Å². The van der Waals surface area contributed by atoms with Crippen molar-refractivity contribution in [2.75, 3.05) is 6.61 Å². The van der Waals surface area contributed by atoms with Crippen LogP contribution in [0.4, 0.5) is 0 Å². The minimum absolute atomic E-state index is 0.108. The van der Waals surface area contributed by atoms with E-state index in [1.165, 1.54) is 6.92 Å². The fourth-order valence-corrected chi connectivity index (χ4v) is 2.45. The highest BCUT2D eigenvalue weighted by Crippen LogP contribution is 2.39. The predicted octanol–water partition coefficient (Wildman–Crippen LogP) is 2.57. The molecule has 1 unspecified atom stereocenters. The normalized spacial score (nSPS) is 20.0. The van der Waals surface area contributed by atoms with Gasteiger partial charge >= 0.3 is 0 Å². The molecular weight excluding hydrogens is 264 g/mol. The number of nitrogens with zero attached hydrogens (tertiary/aromatic N) is 1. The second-order valence-corrected chi connectivity index (χ2v) is 5.00. The molecule has 0 fully saturated rings. The highest BCUT2D eigenvalue weighted by molar-refractivity contribution is 6.30. The maximum absolute atomic E-state index is 11.1. The average Bonchev–Trinajstić information content (AvgIpc) is 2.37. The van der Waals surface area contributed by atoms with Crippen LogP contribution in [-0.2, 0) is 4.79 Å². The molecule has 98 valence electrons. The van der Waals surface area contributed by atoms with Crippen LogP contribution in [0, 0.1) is 5.92 Å². The van der Waals surface area contributed by atoms with Crippen molar-refractivity contribution >= 4 is 23.1 Å². The number of carbonyl (C=O) groups is 1. The van der Waals surface area contributed by atoms with Gasteiger partial charge in [0.1, 0.15) is 5.75 Å². The van der Waals surface area contributed by atoms with E-state index in [9.17, 15) is 4.79 Å². The van der Waals surface area contributed by atoms with Crippen molar-refractivity contribution in [3.63, 3.8) is 0 Å². The molecule has 2 aliphatic rings. The van der Waals surface area contributed by atoms with Gasteiger partial charge in [0, 0.05) is 35.8 Å². The van der Waals surface area contributed by atoms with Crippen molar-refractivity contribution in [1.82, 2.24) is 10.4 Å². The Bertz CT molecular complexity index is 595. The zero-order valence-corrected chi connectivity index (χ0v) is 11.1. The Morgan fingerprint density at radius 3 is 3.16 bits per heavy atom. The molecule has 5 heteroatoms. The van der Waals surface area contributed by atoms with Crippen LogP contribution in [-0.4, -0.2) is 17.5 Å². The topological polar surface area (TPSA) is 41.6 Å². The number of fused-ring (bicyclic) bond motifs is 3. The molecule has 1 atom stereocenters. The van der Waals surface area contributed by atoms with Gasteiger partial charge in [-0.3, -0.25) is 15.2 Å². The summed E-state index contributed by atoms with van der Waals surface area (Å²) < 4.78 is 5.71. The second kappa shape index (κ2) is 4.63. The molecule has 1 amide bonds. The molecule has 0 aliphatic carbocycles. The third-order valence-corrected chi connectivity index (χ3v) is 3.35. The average molecular weight is 277 g/mol. The van der Waals surface area contributed by atoms with Gasteiger partial charge in [-0.25, -0.2) is 0 Å². The van der Waals surface area contributed by atoms with Gasteiger partial charge in [-0.15, -0.1) is 0 Å². The van der Waals surface area contributed by atoms with Gasteiger partial charge in [0.25, 0.3) is 0 Å². The number of hydrazine groups is 1. The summed E-state index contributed by atoms with van der Waals surface area (Å²) in [6.45, 7) is 2.07. The largest absolute Gasteiger partial charge is 0.492 e. The Kier molecular flexibility index (Phi) is 2.95. The first kappa shape index (κ1) is 12.1. The zero-order chi connectivity index (χ0) is 13.4. The Hall–Kier alpha value is -1.94. The molecule has 4 nitrogen and oxygen atoms in total. The highest BCUT2D eigenvalue weighted by atomic mass is 35.5. The lowest BCUT2D eigenvalue weighted by atomic mass is 9.89. The lowest BCUT2D eigenvalue weighted by Gasteiger charge is -2.31. The van der Waals surface area contributed by atoms with E-state index in [0.717, 1.165) is 16.9 Å². The maximum Gasteiger partial charge on any atom is 0.235 e. The number of halogens is 1. The molecule has 3 rings (SSSR count). The molecule has 0 spiro atoms. The number of ether oxygens (including phenoxy) is 1. The van der Waals surface area contributed by atoms with Crippen LogP contribution in [0.15, 0.2) is 36.7 Å². The smallest absolute Gasteiger partial charge is 0.235 e. The number of hydrogen-bond donors (Lipinski definition) is 1. The third-order valence-electron chi connectivity index (χ3n) is 3.12. The first-order valence-electron chi connectivity index (χ1n) is 6.02. The van der Waals surface area contributed by atoms with E-state index in [0.29, 0.717) is 11.6 Å². The molecule has 1 N–H and O–H groups in total. The highest BCUT2D eigenvalue weighted by Gasteiger charge is 2.26. The summed E-state index contributed by atoms with van der Waals surface area (Å²) >= 11 is 5.97. The summed E-state index contributed by atoms with van der Waals surface area (Å²) in [5.41, 5.74) is 4.86. The van der Waals surface area contributed by atoms with E-state index in [1.807, 2.05) is 36.7 Å². The molecule has 0 saturated carbocycles. The second-order valence-electron chi connectivity index (χ2n) is 4.56. The number of benzene rings is 1. The van der Waals surface area contributed by atoms with Gasteiger partial charge in [-0.1, -0.05) is 17.7 Å². The summed E-state index contributed by atoms with van der Waals surface area (Å²) in [5.74, 6) is 0.884. The van der Waals surface area contributed by atoms with Crippen LogP contribution in [0.5, 0.6) is 5.75 Å². The van der Waals surface area contributed by atoms with Gasteiger partial charge in [0.15, 0.2) is 0 Å². The summed E-state index contributed by atoms with van der Waals surface area (Å²) in [4.78, 5) is 11.1. The molecule has 0 radical (unpaired) electrons. The fourth-order valence-electron chi connectivity index (χ4n) is 2.29. The Labute approximate surface area is 116 Å². The van der Waals surface area contributed by atoms with Crippen molar-refractivity contribution in [1.29, 1.82) is 0 Å². The monoisotopic (exact) mass is 276 g/mol. The quantitative estimate of drug-likeness (QED) is 0.857. The van der Waals surface area contributed by atoms with E-state index in [4.69, 9.17) is 16.3 Å². The molecule has 19 heavy (non-hydrogen) atoms. The standard InChI is InChI=1S/C14H13ClN2O2/c1-9(18)16-17-5-4-10-8-19-14-6-11(15)2-3-12(14)13(10)7-17/h2-7,10H,8H2,1H3,(H,16,18). The number of amides is 1. The van der Waals surface area contributed by atoms with Crippen LogP contribution >= 0.6 is 11.6 Å². The SMILES string of the molecule is CC(=O)NN1C=CC2COc3cc(Cl)ccc3C2=C1. The van der Waals surface area contributed by atoms with Gasteiger partial charge in [0.05, 0.1) is 6.61 Å². The van der Waals surface area contributed by atoms with Gasteiger partial charge in [-0.05, 0) is 23.8 Å². The maximum atomic E-state index is 11.1. The summed E-state index contributed by atoms with van der Waals surface area (Å²) in [7, 11) is 0. The lowest BCUT2D eigenvalue weighted by Crippen LogP contribution is -2.36. The molecule has 2 aliphatic heterocycles. The van der Waals surface area contributed by atoms with Crippen molar-refractivity contribution in [3.8, 4) is 5.75 Å². The molecular formula is C14H13ClN2O2. The zero-order valence-electron chi connectivity index (χ0n) is 10.4. The molecule has 2 heterocycles. The third kappa shape index (κ3) is 2.31. The van der Waals surface area contributed by atoms with Gasteiger partial charge in [0.2, 0.25) is 5.91 Å². The molecule has 0 bridgehead atoms. The van der Waals surface area contributed by atoms with Crippen molar-refractivity contribution < 1.29 is 9.53 Å². The number of hydrogen-bond acceptors (Lipinski definition) is 3. The van der Waals surface area contributed by atoms with Crippen LogP contribution in [0.2, 0.25) is 5.02 Å². The first-order chi connectivity index (χ1) is 9.13. The Morgan fingerprint density at radius 2 is 2.37 bits per heavy atom. The molecule has 1 aromatic rings. The van der Waals surface area contributed by atoms with E-state index >= 15 is 0 Å². The summed E-state index contributed by atoms with van der Waals surface area (Å²) in [5, 5.41) is 2.32. The van der Waals surface area contributed by atoms with E-state index in [2.05, 4.69) is 5.43 Å². The Balaban J connectivity index is 1.98.